The number of nitrogens with zero attached hydrogens (tertiary/aromatic N) is 4. The third kappa shape index (κ3) is 4.55. The van der Waals surface area contributed by atoms with E-state index in [2.05, 4.69) is 76.2 Å². The maximum absolute atomic E-state index is 12.9. The van der Waals surface area contributed by atoms with Crippen molar-refractivity contribution in [3.8, 4) is 11.1 Å². The van der Waals surface area contributed by atoms with Gasteiger partial charge in [0.2, 0.25) is 5.91 Å². The van der Waals surface area contributed by atoms with Gasteiger partial charge in [0.1, 0.15) is 0 Å². The summed E-state index contributed by atoms with van der Waals surface area (Å²) in [6.45, 7) is 6.29. The standard InChI is InChI=1S/C27H36N4O/c1-28(2)26-8-3-5-21(18-26)22-9-10-24-19-29(12-11-23(24)17-22)20-27(32)31-15-13-30(14-16-31)25-6-4-7-25/h3,5,8-10,17-18,25H,4,6-7,11-16,19-20H2,1-2H3. The molecule has 1 saturated carbocycles. The van der Waals surface area contributed by atoms with Crippen LogP contribution < -0.4 is 4.90 Å². The minimum Gasteiger partial charge on any atom is -0.378 e. The lowest BCUT2D eigenvalue weighted by molar-refractivity contribution is -0.135. The first kappa shape index (κ1) is 21.5. The average molecular weight is 433 g/mol. The molecule has 32 heavy (non-hydrogen) atoms. The topological polar surface area (TPSA) is 30.0 Å². The van der Waals surface area contributed by atoms with Crippen LogP contribution in [0.1, 0.15) is 30.4 Å². The molecule has 0 bridgehead atoms. The van der Waals surface area contributed by atoms with Gasteiger partial charge >= 0.3 is 0 Å². The number of carbonyl (C=O) groups is 1. The van der Waals surface area contributed by atoms with Crippen LogP contribution in [0.2, 0.25) is 0 Å². The third-order valence-corrected chi connectivity index (χ3v) is 7.61. The van der Waals surface area contributed by atoms with Crippen molar-refractivity contribution in [2.45, 2.75) is 38.3 Å². The number of piperazine rings is 1. The first-order valence-corrected chi connectivity index (χ1v) is 12.2. The van der Waals surface area contributed by atoms with Gasteiger partial charge in [-0.15, -0.1) is 0 Å². The van der Waals surface area contributed by atoms with Gasteiger partial charge in [0, 0.05) is 65.1 Å². The van der Waals surface area contributed by atoms with Crippen LogP contribution in [0.3, 0.4) is 0 Å². The largest absolute Gasteiger partial charge is 0.378 e. The predicted molar refractivity (Wildman–Crippen MR) is 131 cm³/mol. The molecule has 5 nitrogen and oxygen atoms in total. The SMILES string of the molecule is CN(C)c1cccc(-c2ccc3c(c2)CCN(CC(=O)N2CCN(C4CCC4)CC2)C3)c1. The second-order valence-electron chi connectivity index (χ2n) is 9.89. The summed E-state index contributed by atoms with van der Waals surface area (Å²) in [5.41, 5.74) is 6.55. The minimum absolute atomic E-state index is 0.304. The van der Waals surface area contributed by atoms with Crippen molar-refractivity contribution < 1.29 is 4.79 Å². The van der Waals surface area contributed by atoms with Gasteiger partial charge in [-0.3, -0.25) is 14.6 Å². The predicted octanol–water partition coefficient (Wildman–Crippen LogP) is 3.47. The van der Waals surface area contributed by atoms with Crippen molar-refractivity contribution >= 4 is 11.6 Å². The summed E-state index contributed by atoms with van der Waals surface area (Å²) in [7, 11) is 4.16. The molecule has 1 amide bonds. The van der Waals surface area contributed by atoms with Crippen LogP contribution in [0, 0.1) is 0 Å². The molecule has 0 unspecified atom stereocenters. The van der Waals surface area contributed by atoms with Gasteiger partial charge in [-0.1, -0.05) is 36.8 Å². The summed E-state index contributed by atoms with van der Waals surface area (Å²) in [5.74, 6) is 0.304. The molecular formula is C27H36N4O. The smallest absolute Gasteiger partial charge is 0.236 e. The average Bonchev–Trinajstić information content (AvgIpc) is 2.78. The number of fused-ring (bicyclic) bond motifs is 1. The molecule has 0 N–H and O–H groups in total. The Kier molecular flexibility index (Phi) is 6.20. The molecule has 2 heterocycles. The quantitative estimate of drug-likeness (QED) is 0.724. The first-order chi connectivity index (χ1) is 15.6. The molecule has 1 aliphatic carbocycles. The van der Waals surface area contributed by atoms with Gasteiger partial charge < -0.3 is 9.80 Å². The summed E-state index contributed by atoms with van der Waals surface area (Å²) >= 11 is 0. The molecule has 0 radical (unpaired) electrons. The molecule has 0 atom stereocenters. The summed E-state index contributed by atoms with van der Waals surface area (Å²) in [6, 6.07) is 16.4. The van der Waals surface area contributed by atoms with E-state index in [1.54, 1.807) is 0 Å². The van der Waals surface area contributed by atoms with Crippen molar-refractivity contribution in [1.82, 2.24) is 14.7 Å². The third-order valence-electron chi connectivity index (χ3n) is 7.61. The van der Waals surface area contributed by atoms with Crippen LogP contribution in [-0.4, -0.2) is 80.0 Å². The van der Waals surface area contributed by atoms with Crippen LogP contribution in [-0.2, 0) is 17.8 Å². The molecule has 5 rings (SSSR count). The number of carbonyl (C=O) groups excluding carboxylic acids is 1. The molecule has 2 aromatic carbocycles. The van der Waals surface area contributed by atoms with E-state index in [0.717, 1.165) is 51.7 Å². The van der Waals surface area contributed by atoms with E-state index in [1.165, 1.54) is 47.2 Å². The van der Waals surface area contributed by atoms with E-state index in [0.29, 0.717) is 12.5 Å². The van der Waals surface area contributed by atoms with E-state index in [9.17, 15) is 4.79 Å². The highest BCUT2D eigenvalue weighted by molar-refractivity contribution is 5.78. The van der Waals surface area contributed by atoms with E-state index < -0.39 is 0 Å². The fraction of sp³-hybridized carbons (Fsp3) is 0.519. The van der Waals surface area contributed by atoms with Crippen molar-refractivity contribution in [3.63, 3.8) is 0 Å². The number of amides is 1. The Morgan fingerprint density at radius 1 is 0.938 bits per heavy atom. The molecular weight excluding hydrogens is 396 g/mol. The second-order valence-corrected chi connectivity index (χ2v) is 9.89. The van der Waals surface area contributed by atoms with Gasteiger partial charge in [-0.25, -0.2) is 0 Å². The zero-order valence-corrected chi connectivity index (χ0v) is 19.6. The van der Waals surface area contributed by atoms with Gasteiger partial charge in [0.05, 0.1) is 6.54 Å². The van der Waals surface area contributed by atoms with Crippen LogP contribution >= 0.6 is 0 Å². The summed E-state index contributed by atoms with van der Waals surface area (Å²) in [5, 5.41) is 0. The fourth-order valence-corrected chi connectivity index (χ4v) is 5.27. The second kappa shape index (κ2) is 9.24. The van der Waals surface area contributed by atoms with E-state index in [1.807, 2.05) is 0 Å². The maximum atomic E-state index is 12.9. The Hall–Kier alpha value is -2.37. The molecule has 2 aromatic rings. The number of hydrogen-bond acceptors (Lipinski definition) is 4. The van der Waals surface area contributed by atoms with Crippen LogP contribution in [0.25, 0.3) is 11.1 Å². The van der Waals surface area contributed by atoms with Gasteiger partial charge in [0.15, 0.2) is 0 Å². The molecule has 0 aromatic heterocycles. The highest BCUT2D eigenvalue weighted by atomic mass is 16.2. The molecule has 1 saturated heterocycles. The first-order valence-electron chi connectivity index (χ1n) is 12.2. The molecule has 3 aliphatic rings. The Morgan fingerprint density at radius 2 is 1.72 bits per heavy atom. The van der Waals surface area contributed by atoms with Gasteiger partial charge in [-0.2, -0.15) is 0 Å². The van der Waals surface area contributed by atoms with Crippen LogP contribution in [0.4, 0.5) is 5.69 Å². The normalized spacial score (nSPS) is 20.0. The lowest BCUT2D eigenvalue weighted by Gasteiger charge is -2.43. The Labute approximate surface area is 192 Å². The van der Waals surface area contributed by atoms with Gasteiger partial charge in [-0.05, 0) is 53.6 Å². The number of anilines is 1. The summed E-state index contributed by atoms with van der Waals surface area (Å²) in [6.07, 6.45) is 5.09. The van der Waals surface area contributed by atoms with E-state index in [-0.39, 0.29) is 0 Å². The Morgan fingerprint density at radius 3 is 2.44 bits per heavy atom. The fourth-order valence-electron chi connectivity index (χ4n) is 5.27. The molecule has 5 heteroatoms. The highest BCUT2D eigenvalue weighted by Gasteiger charge is 2.30. The summed E-state index contributed by atoms with van der Waals surface area (Å²) < 4.78 is 0. The minimum atomic E-state index is 0.304. The van der Waals surface area contributed by atoms with Crippen LogP contribution in [0.5, 0.6) is 0 Å². The van der Waals surface area contributed by atoms with Crippen molar-refractivity contribution in [1.29, 1.82) is 0 Å². The number of hydrogen-bond donors (Lipinski definition) is 0. The highest BCUT2D eigenvalue weighted by Crippen LogP contribution is 2.29. The van der Waals surface area contributed by atoms with E-state index >= 15 is 0 Å². The number of benzene rings is 2. The van der Waals surface area contributed by atoms with Gasteiger partial charge in [0.25, 0.3) is 0 Å². The Balaban J connectivity index is 1.18. The monoisotopic (exact) mass is 432 g/mol. The molecule has 170 valence electrons. The zero-order chi connectivity index (χ0) is 22.1. The lowest BCUT2D eigenvalue weighted by Crippen LogP contribution is -2.55. The maximum Gasteiger partial charge on any atom is 0.236 e. The van der Waals surface area contributed by atoms with Crippen molar-refractivity contribution in [2.75, 3.05) is 58.3 Å². The zero-order valence-electron chi connectivity index (χ0n) is 19.6. The van der Waals surface area contributed by atoms with Crippen LogP contribution in [0.15, 0.2) is 42.5 Å². The number of rotatable bonds is 5. The molecule has 2 fully saturated rings. The Bertz CT molecular complexity index is 960. The van der Waals surface area contributed by atoms with Crippen molar-refractivity contribution in [2.24, 2.45) is 0 Å². The molecule has 2 aliphatic heterocycles. The van der Waals surface area contributed by atoms with E-state index in [4.69, 9.17) is 0 Å². The van der Waals surface area contributed by atoms with Crippen molar-refractivity contribution in [3.05, 3.63) is 53.6 Å². The summed E-state index contributed by atoms with van der Waals surface area (Å²) in [4.78, 5) is 22.1. The lowest BCUT2D eigenvalue weighted by atomic mass is 9.91. The molecule has 0 spiro atoms.